The van der Waals surface area contributed by atoms with E-state index >= 15 is 0 Å². The lowest BCUT2D eigenvalue weighted by Gasteiger charge is -2.02. The van der Waals surface area contributed by atoms with Crippen LogP contribution in [0.15, 0.2) is 61.2 Å². The number of nitrogens with zero attached hydrogens (tertiary/aromatic N) is 3. The first kappa shape index (κ1) is 15.1. The summed E-state index contributed by atoms with van der Waals surface area (Å²) in [5.74, 6) is 0.796. The third-order valence-electron chi connectivity index (χ3n) is 3.71. The largest absolute Gasteiger partial charge is 0.327 e. The van der Waals surface area contributed by atoms with Gasteiger partial charge in [0.2, 0.25) is 0 Å². The first-order chi connectivity index (χ1) is 11.8. The van der Waals surface area contributed by atoms with E-state index < -0.39 is 0 Å². The van der Waals surface area contributed by atoms with Crippen molar-refractivity contribution in [2.75, 3.05) is 0 Å². The van der Waals surface area contributed by atoms with Crippen LogP contribution in [0.3, 0.4) is 0 Å². The van der Waals surface area contributed by atoms with Gasteiger partial charge in [0.25, 0.3) is 0 Å². The number of pyridine rings is 1. The molecule has 0 fully saturated rings. The molecule has 0 saturated heterocycles. The van der Waals surface area contributed by atoms with Crippen molar-refractivity contribution in [3.05, 3.63) is 77.3 Å². The highest BCUT2D eigenvalue weighted by Gasteiger charge is 2.15. The minimum Gasteiger partial charge on any atom is -0.327 e. The van der Waals surface area contributed by atoms with Crippen LogP contribution in [0, 0.1) is 0 Å². The summed E-state index contributed by atoms with van der Waals surface area (Å²) in [6.07, 6.45) is 6.03. The Morgan fingerprint density at radius 1 is 1.04 bits per heavy atom. The van der Waals surface area contributed by atoms with Crippen LogP contribution >= 0.6 is 22.9 Å². The molecule has 3 aromatic heterocycles. The van der Waals surface area contributed by atoms with Crippen molar-refractivity contribution in [2.24, 2.45) is 0 Å². The Morgan fingerprint density at radius 3 is 2.54 bits per heavy atom. The fourth-order valence-electron chi connectivity index (χ4n) is 2.56. The van der Waals surface area contributed by atoms with Crippen molar-refractivity contribution in [1.29, 1.82) is 0 Å². The Balaban J connectivity index is 1.76. The van der Waals surface area contributed by atoms with Crippen LogP contribution in [0.2, 0.25) is 5.02 Å². The van der Waals surface area contributed by atoms with Crippen molar-refractivity contribution >= 4 is 22.9 Å². The molecule has 0 saturated carbocycles. The Labute approximate surface area is 148 Å². The zero-order chi connectivity index (χ0) is 16.4. The van der Waals surface area contributed by atoms with Gasteiger partial charge in [-0.25, -0.2) is 0 Å². The molecule has 1 N–H and O–H groups in total. The molecule has 0 amide bonds. The number of rotatable bonds is 4. The molecule has 24 heavy (non-hydrogen) atoms. The van der Waals surface area contributed by atoms with Crippen molar-refractivity contribution < 1.29 is 0 Å². The van der Waals surface area contributed by atoms with E-state index in [9.17, 15) is 0 Å². The van der Waals surface area contributed by atoms with E-state index in [0.717, 1.165) is 27.7 Å². The second-order valence-electron chi connectivity index (χ2n) is 5.34. The summed E-state index contributed by atoms with van der Waals surface area (Å²) in [5, 5.41) is 8.84. The number of hydrogen-bond donors (Lipinski definition) is 1. The molecule has 0 unspecified atom stereocenters. The number of halogens is 1. The lowest BCUT2D eigenvalue weighted by molar-refractivity contribution is 1.09. The second kappa shape index (κ2) is 6.55. The third-order valence-corrected chi connectivity index (χ3v) is 5.20. The van der Waals surface area contributed by atoms with Crippen LogP contribution < -0.4 is 0 Å². The molecule has 0 bridgehead atoms. The standard InChI is InChI=1S/C18H13ClN4S/c19-15-3-1-12(2-4-15)9-14-10-16(13-5-7-20-8-6-13)24-17(14)18-21-11-22-23-18/h1-8,10-11H,9H2,(H,21,22,23). The predicted octanol–water partition coefficient (Wildman–Crippen LogP) is 4.84. The molecule has 118 valence electrons. The highest BCUT2D eigenvalue weighted by atomic mass is 35.5. The molecule has 1 aromatic carbocycles. The third kappa shape index (κ3) is 3.09. The van der Waals surface area contributed by atoms with Gasteiger partial charge in [-0.3, -0.25) is 4.98 Å². The van der Waals surface area contributed by atoms with Gasteiger partial charge in [0.05, 0.1) is 4.88 Å². The summed E-state index contributed by atoms with van der Waals surface area (Å²) >= 11 is 7.69. The van der Waals surface area contributed by atoms with E-state index in [2.05, 4.69) is 38.4 Å². The predicted molar refractivity (Wildman–Crippen MR) is 97.2 cm³/mol. The van der Waals surface area contributed by atoms with Gasteiger partial charge in [-0.1, -0.05) is 23.7 Å². The molecular weight excluding hydrogens is 340 g/mol. The first-order valence-corrected chi connectivity index (χ1v) is 8.63. The fraction of sp³-hybridized carbons (Fsp3) is 0.0556. The van der Waals surface area contributed by atoms with Gasteiger partial charge in [-0.05, 0) is 53.4 Å². The minimum atomic E-state index is 0.747. The highest BCUT2D eigenvalue weighted by molar-refractivity contribution is 7.19. The first-order valence-electron chi connectivity index (χ1n) is 7.43. The summed E-state index contributed by atoms with van der Waals surface area (Å²) in [4.78, 5) is 9.49. The molecule has 0 atom stereocenters. The van der Waals surface area contributed by atoms with Crippen LogP contribution in [-0.4, -0.2) is 20.2 Å². The zero-order valence-corrected chi connectivity index (χ0v) is 14.2. The topological polar surface area (TPSA) is 54.5 Å². The molecule has 4 rings (SSSR count). The van der Waals surface area contributed by atoms with E-state index in [1.54, 1.807) is 17.7 Å². The molecular formula is C18H13ClN4S. The molecule has 0 aliphatic heterocycles. The van der Waals surface area contributed by atoms with Gasteiger partial charge in [0, 0.05) is 22.3 Å². The minimum absolute atomic E-state index is 0.747. The molecule has 0 aliphatic carbocycles. The summed E-state index contributed by atoms with van der Waals surface area (Å²) in [7, 11) is 0. The SMILES string of the molecule is Clc1ccc(Cc2cc(-c3ccncc3)sc2-c2nnc[nH]2)cc1. The smallest absolute Gasteiger partial charge is 0.171 e. The van der Waals surface area contributed by atoms with Crippen molar-refractivity contribution in [2.45, 2.75) is 6.42 Å². The Kier molecular flexibility index (Phi) is 4.11. The van der Waals surface area contributed by atoms with Gasteiger partial charge >= 0.3 is 0 Å². The van der Waals surface area contributed by atoms with Crippen molar-refractivity contribution in [3.8, 4) is 21.1 Å². The summed E-state index contributed by atoms with van der Waals surface area (Å²) in [6, 6.07) is 14.2. The van der Waals surface area contributed by atoms with E-state index in [1.165, 1.54) is 16.0 Å². The van der Waals surface area contributed by atoms with Gasteiger partial charge in [-0.15, -0.1) is 21.5 Å². The molecule has 4 nitrogen and oxygen atoms in total. The van der Waals surface area contributed by atoms with E-state index in [1.807, 2.05) is 36.7 Å². The highest BCUT2D eigenvalue weighted by Crippen LogP contribution is 2.37. The number of H-pyrrole nitrogens is 1. The van der Waals surface area contributed by atoms with Crippen LogP contribution in [0.1, 0.15) is 11.1 Å². The normalized spacial score (nSPS) is 10.9. The van der Waals surface area contributed by atoms with E-state index in [0.29, 0.717) is 0 Å². The number of thiophene rings is 1. The molecule has 0 spiro atoms. The Bertz CT molecular complexity index is 931. The maximum atomic E-state index is 5.98. The fourth-order valence-corrected chi connectivity index (χ4v) is 3.82. The molecule has 6 heteroatoms. The van der Waals surface area contributed by atoms with E-state index in [4.69, 9.17) is 11.6 Å². The number of aromatic amines is 1. The zero-order valence-electron chi connectivity index (χ0n) is 12.6. The van der Waals surface area contributed by atoms with Crippen molar-refractivity contribution in [1.82, 2.24) is 20.2 Å². The number of hydrogen-bond acceptors (Lipinski definition) is 4. The van der Waals surface area contributed by atoms with Crippen LogP contribution in [-0.2, 0) is 6.42 Å². The Morgan fingerprint density at radius 2 is 1.83 bits per heavy atom. The Hall–Kier alpha value is -2.50. The van der Waals surface area contributed by atoms with Gasteiger partial charge in [0.15, 0.2) is 5.82 Å². The van der Waals surface area contributed by atoms with Gasteiger partial charge in [0.1, 0.15) is 6.33 Å². The monoisotopic (exact) mass is 352 g/mol. The molecule has 4 aromatic rings. The van der Waals surface area contributed by atoms with Crippen molar-refractivity contribution in [3.63, 3.8) is 0 Å². The molecule has 0 radical (unpaired) electrons. The number of aromatic nitrogens is 4. The maximum absolute atomic E-state index is 5.98. The lowest BCUT2D eigenvalue weighted by Crippen LogP contribution is -1.89. The summed E-state index contributed by atoms with van der Waals surface area (Å²) in [5.41, 5.74) is 3.57. The quantitative estimate of drug-likeness (QED) is 0.571. The average molecular weight is 353 g/mol. The second-order valence-corrected chi connectivity index (χ2v) is 6.83. The molecule has 3 heterocycles. The lowest BCUT2D eigenvalue weighted by atomic mass is 10.0. The molecule has 0 aliphatic rings. The van der Waals surface area contributed by atoms with Crippen LogP contribution in [0.25, 0.3) is 21.1 Å². The number of benzene rings is 1. The average Bonchev–Trinajstić information content (AvgIpc) is 3.27. The van der Waals surface area contributed by atoms with Crippen LogP contribution in [0.5, 0.6) is 0 Å². The summed E-state index contributed by atoms with van der Waals surface area (Å²) < 4.78 is 0. The maximum Gasteiger partial charge on any atom is 0.171 e. The van der Waals surface area contributed by atoms with Crippen LogP contribution in [0.4, 0.5) is 0 Å². The van der Waals surface area contributed by atoms with E-state index in [-0.39, 0.29) is 0 Å². The van der Waals surface area contributed by atoms with Gasteiger partial charge in [-0.2, -0.15) is 0 Å². The summed E-state index contributed by atoms with van der Waals surface area (Å²) in [6.45, 7) is 0. The van der Waals surface area contributed by atoms with Gasteiger partial charge < -0.3 is 4.98 Å². The number of nitrogens with one attached hydrogen (secondary N) is 1.